The van der Waals surface area contributed by atoms with Gasteiger partial charge in [-0.1, -0.05) is 24.6 Å². The lowest BCUT2D eigenvalue weighted by Crippen LogP contribution is -1.96. The van der Waals surface area contributed by atoms with Crippen LogP contribution in [-0.2, 0) is 4.79 Å². The van der Waals surface area contributed by atoms with Crippen LogP contribution in [0.5, 0.6) is 0 Å². The van der Waals surface area contributed by atoms with E-state index in [1.807, 2.05) is 12.1 Å². The van der Waals surface area contributed by atoms with Gasteiger partial charge in [0.2, 0.25) is 0 Å². The number of benzene rings is 1. The molecule has 1 nitrogen and oxygen atoms in total. The van der Waals surface area contributed by atoms with Crippen molar-refractivity contribution in [3.63, 3.8) is 0 Å². The van der Waals surface area contributed by atoms with Gasteiger partial charge in [0.25, 0.3) is 0 Å². The fraction of sp³-hybridized carbons (Fsp3) is 0.222. The van der Waals surface area contributed by atoms with E-state index in [0.29, 0.717) is 5.02 Å². The third-order valence-electron chi connectivity index (χ3n) is 1.69. The van der Waals surface area contributed by atoms with Crippen molar-refractivity contribution in [1.29, 1.82) is 0 Å². The zero-order valence-electron chi connectivity index (χ0n) is 6.62. The van der Waals surface area contributed by atoms with Crippen molar-refractivity contribution in [1.82, 2.24) is 0 Å². The summed E-state index contributed by atoms with van der Waals surface area (Å²) in [6, 6.07) is 5.40. The van der Waals surface area contributed by atoms with E-state index in [9.17, 15) is 4.79 Å². The molecule has 0 N–H and O–H groups in total. The van der Waals surface area contributed by atoms with E-state index in [-0.39, 0.29) is 5.92 Å². The molecule has 0 fully saturated rings. The van der Waals surface area contributed by atoms with Gasteiger partial charge >= 0.3 is 0 Å². The molecule has 0 aliphatic carbocycles. The molecule has 0 radical (unpaired) electrons. The molecule has 12 heavy (non-hydrogen) atoms. The fourth-order valence-corrected chi connectivity index (χ4v) is 1.87. The Hall–Kier alpha value is -0.470. The maximum Gasteiger partial charge on any atom is 0.127 e. The van der Waals surface area contributed by atoms with Gasteiger partial charge in [0.05, 0.1) is 0 Å². The Morgan fingerprint density at radius 2 is 2.25 bits per heavy atom. The predicted molar refractivity (Wildman–Crippen MR) is 53.2 cm³/mol. The van der Waals surface area contributed by atoms with Crippen LogP contribution in [0.3, 0.4) is 0 Å². The summed E-state index contributed by atoms with van der Waals surface area (Å²) in [6.07, 6.45) is 0.862. The van der Waals surface area contributed by atoms with Crippen LogP contribution in [0.15, 0.2) is 23.1 Å². The molecule has 1 atom stereocenters. The second-order valence-corrected chi connectivity index (χ2v) is 3.49. The van der Waals surface area contributed by atoms with E-state index < -0.39 is 0 Å². The van der Waals surface area contributed by atoms with Crippen LogP contribution in [0.4, 0.5) is 0 Å². The highest BCUT2D eigenvalue weighted by atomic mass is 35.5. The van der Waals surface area contributed by atoms with Crippen molar-refractivity contribution in [2.24, 2.45) is 0 Å². The number of rotatable bonds is 2. The lowest BCUT2D eigenvalue weighted by Gasteiger charge is -2.09. The van der Waals surface area contributed by atoms with Crippen LogP contribution in [0, 0.1) is 0 Å². The first-order chi connectivity index (χ1) is 5.66. The molecule has 0 saturated heterocycles. The topological polar surface area (TPSA) is 17.1 Å². The maximum absolute atomic E-state index is 10.5. The summed E-state index contributed by atoms with van der Waals surface area (Å²) < 4.78 is 0. The summed E-state index contributed by atoms with van der Waals surface area (Å²) in [5.41, 5.74) is 0.803. The summed E-state index contributed by atoms with van der Waals surface area (Å²) in [4.78, 5) is 11.3. The minimum absolute atomic E-state index is 0.189. The zero-order chi connectivity index (χ0) is 9.14. The van der Waals surface area contributed by atoms with Gasteiger partial charge in [-0.3, -0.25) is 0 Å². The average molecular weight is 201 g/mol. The molecule has 0 aliphatic rings. The van der Waals surface area contributed by atoms with Gasteiger partial charge in [-0.05, 0) is 17.7 Å². The number of halogens is 1. The highest BCUT2D eigenvalue weighted by Gasteiger charge is 2.10. The Morgan fingerprint density at radius 3 is 2.75 bits per heavy atom. The highest BCUT2D eigenvalue weighted by molar-refractivity contribution is 7.80. The molecule has 0 spiro atoms. The van der Waals surface area contributed by atoms with Gasteiger partial charge in [0, 0.05) is 15.8 Å². The van der Waals surface area contributed by atoms with E-state index in [4.69, 9.17) is 11.6 Å². The largest absolute Gasteiger partial charge is 0.303 e. The summed E-state index contributed by atoms with van der Waals surface area (Å²) in [6.45, 7) is 1.80. The normalized spacial score (nSPS) is 12.6. The summed E-state index contributed by atoms with van der Waals surface area (Å²) >= 11 is 10.1. The number of carbonyl (C=O) groups is 1. The second-order valence-electron chi connectivity index (χ2n) is 2.60. The minimum atomic E-state index is -0.189. The predicted octanol–water partition coefficient (Wildman–Crippen LogP) is 2.93. The average Bonchev–Trinajstić information content (AvgIpc) is 2.03. The molecule has 0 saturated carbocycles. The van der Waals surface area contributed by atoms with Crippen molar-refractivity contribution >= 4 is 30.5 Å². The number of hydrogen-bond acceptors (Lipinski definition) is 2. The van der Waals surface area contributed by atoms with Crippen LogP contribution in [0.1, 0.15) is 18.4 Å². The van der Waals surface area contributed by atoms with E-state index in [1.54, 1.807) is 13.0 Å². The van der Waals surface area contributed by atoms with Crippen molar-refractivity contribution in [3.05, 3.63) is 28.8 Å². The quantitative estimate of drug-likeness (QED) is 0.574. The van der Waals surface area contributed by atoms with E-state index >= 15 is 0 Å². The van der Waals surface area contributed by atoms with Gasteiger partial charge < -0.3 is 4.79 Å². The van der Waals surface area contributed by atoms with Crippen LogP contribution >= 0.6 is 24.2 Å². The Labute approximate surface area is 82.1 Å². The Kier molecular flexibility index (Phi) is 3.18. The molecule has 1 aromatic rings. The molecular formula is C9H9ClOS. The fourth-order valence-electron chi connectivity index (χ4n) is 1.04. The van der Waals surface area contributed by atoms with Crippen molar-refractivity contribution < 1.29 is 4.79 Å². The van der Waals surface area contributed by atoms with Crippen molar-refractivity contribution in [2.45, 2.75) is 17.7 Å². The van der Waals surface area contributed by atoms with Crippen LogP contribution in [0.2, 0.25) is 5.02 Å². The summed E-state index contributed by atoms with van der Waals surface area (Å²) in [5.74, 6) is -0.189. The summed E-state index contributed by atoms with van der Waals surface area (Å²) in [7, 11) is 0. The molecule has 1 aromatic carbocycles. The molecule has 0 aromatic heterocycles. The molecule has 0 heterocycles. The number of thiol groups is 1. The maximum atomic E-state index is 10.5. The van der Waals surface area contributed by atoms with Gasteiger partial charge in [0.15, 0.2) is 0 Å². The third-order valence-corrected chi connectivity index (χ3v) is 2.41. The van der Waals surface area contributed by atoms with Gasteiger partial charge in [-0.2, -0.15) is 0 Å². The minimum Gasteiger partial charge on any atom is -0.303 e. The Morgan fingerprint density at radius 1 is 1.58 bits per heavy atom. The number of aldehydes is 1. The van der Waals surface area contributed by atoms with Crippen LogP contribution in [-0.4, -0.2) is 6.29 Å². The first-order valence-corrected chi connectivity index (χ1v) is 4.42. The molecule has 3 heteroatoms. The third kappa shape index (κ3) is 1.82. The number of carbonyl (C=O) groups excluding carboxylic acids is 1. The smallest absolute Gasteiger partial charge is 0.127 e. The second kappa shape index (κ2) is 3.97. The molecule has 64 valence electrons. The molecule has 1 rings (SSSR count). The summed E-state index contributed by atoms with van der Waals surface area (Å²) in [5, 5.41) is 0.599. The lowest BCUT2D eigenvalue weighted by atomic mass is 10.0. The highest BCUT2D eigenvalue weighted by Crippen LogP contribution is 2.28. The molecule has 0 amide bonds. The van der Waals surface area contributed by atoms with Crippen LogP contribution in [0.25, 0.3) is 0 Å². The standard InChI is InChI=1S/C9H9ClOS/c1-6(5-11)9-7(10)3-2-4-8(9)12/h2-6,12H,1H3. The van der Waals surface area contributed by atoms with E-state index in [1.165, 1.54) is 0 Å². The SMILES string of the molecule is CC(C=O)c1c(S)cccc1Cl. The molecular weight excluding hydrogens is 192 g/mol. The Balaban J connectivity index is 3.20. The Bertz CT molecular complexity index is 278. The van der Waals surface area contributed by atoms with E-state index in [0.717, 1.165) is 16.7 Å². The molecule has 0 bridgehead atoms. The van der Waals surface area contributed by atoms with E-state index in [2.05, 4.69) is 12.6 Å². The van der Waals surface area contributed by atoms with Gasteiger partial charge in [-0.25, -0.2) is 0 Å². The van der Waals surface area contributed by atoms with Gasteiger partial charge in [0.1, 0.15) is 6.29 Å². The first-order valence-electron chi connectivity index (χ1n) is 3.59. The van der Waals surface area contributed by atoms with Crippen LogP contribution < -0.4 is 0 Å². The number of hydrogen-bond donors (Lipinski definition) is 1. The van der Waals surface area contributed by atoms with Crippen molar-refractivity contribution in [3.8, 4) is 0 Å². The zero-order valence-corrected chi connectivity index (χ0v) is 8.27. The first kappa shape index (κ1) is 9.62. The monoisotopic (exact) mass is 200 g/mol. The van der Waals surface area contributed by atoms with Gasteiger partial charge in [-0.15, -0.1) is 12.6 Å². The molecule has 1 unspecified atom stereocenters. The lowest BCUT2D eigenvalue weighted by molar-refractivity contribution is -0.108. The van der Waals surface area contributed by atoms with Crippen molar-refractivity contribution in [2.75, 3.05) is 0 Å². The molecule has 0 aliphatic heterocycles.